The van der Waals surface area contributed by atoms with Gasteiger partial charge in [0.2, 0.25) is 5.91 Å². The molecule has 0 saturated carbocycles. The van der Waals surface area contributed by atoms with E-state index in [4.69, 9.17) is 0 Å². The second-order valence-corrected chi connectivity index (χ2v) is 6.98. The number of hydrogen-bond donors (Lipinski definition) is 1. The first-order chi connectivity index (χ1) is 13.6. The molecule has 7 nitrogen and oxygen atoms in total. The average Bonchev–Trinajstić information content (AvgIpc) is 3.24. The summed E-state index contributed by atoms with van der Waals surface area (Å²) in [4.78, 5) is 14.5. The molecule has 1 amide bonds. The van der Waals surface area contributed by atoms with Gasteiger partial charge >= 0.3 is 0 Å². The number of likely N-dealkylation sites (N-methyl/N-ethyl adjacent to an activating group) is 1. The van der Waals surface area contributed by atoms with Gasteiger partial charge in [0.25, 0.3) is 0 Å². The number of carbonyl (C=O) groups excluding carboxylic acids is 1. The summed E-state index contributed by atoms with van der Waals surface area (Å²) in [7, 11) is 4.06. The molecule has 146 valence electrons. The van der Waals surface area contributed by atoms with E-state index in [1.165, 1.54) is 17.5 Å². The molecule has 0 aliphatic heterocycles. The molecule has 1 unspecified atom stereocenters. The van der Waals surface area contributed by atoms with Crippen LogP contribution in [0.1, 0.15) is 29.7 Å². The molecule has 0 saturated heterocycles. The zero-order chi connectivity index (χ0) is 19.9. The van der Waals surface area contributed by atoms with E-state index in [-0.39, 0.29) is 11.9 Å². The fourth-order valence-corrected chi connectivity index (χ4v) is 3.08. The van der Waals surface area contributed by atoms with E-state index in [1.807, 2.05) is 38.4 Å². The highest BCUT2D eigenvalue weighted by Gasteiger charge is 2.15. The van der Waals surface area contributed by atoms with Crippen molar-refractivity contribution < 1.29 is 4.79 Å². The SMILES string of the molecule is CCc1ccc(C(CNC(=O)Cc2ccc(-n3cnnn3)cc2)N(C)C)cc1. The number of benzene rings is 2. The molecule has 1 N–H and O–H groups in total. The van der Waals surface area contributed by atoms with Crippen molar-refractivity contribution in [1.82, 2.24) is 30.4 Å². The Morgan fingerprint density at radius 3 is 2.32 bits per heavy atom. The molecule has 28 heavy (non-hydrogen) atoms. The van der Waals surface area contributed by atoms with Crippen molar-refractivity contribution in [3.63, 3.8) is 0 Å². The maximum Gasteiger partial charge on any atom is 0.224 e. The van der Waals surface area contributed by atoms with Crippen LogP contribution < -0.4 is 5.32 Å². The molecule has 0 spiro atoms. The number of aromatic nitrogens is 4. The standard InChI is InChI=1S/C21H26N6O/c1-4-16-5-9-18(10-6-16)20(26(2)3)14-22-21(28)13-17-7-11-19(12-8-17)27-15-23-24-25-27/h5-12,15,20H,4,13-14H2,1-3H3,(H,22,28). The summed E-state index contributed by atoms with van der Waals surface area (Å²) >= 11 is 0. The molecule has 7 heteroatoms. The Hall–Kier alpha value is -3.06. The van der Waals surface area contributed by atoms with Crippen molar-refractivity contribution in [3.05, 3.63) is 71.5 Å². The van der Waals surface area contributed by atoms with E-state index in [9.17, 15) is 4.79 Å². The number of rotatable bonds is 8. The predicted octanol–water partition coefficient (Wildman–Crippen LogP) is 2.19. The molecule has 0 bridgehead atoms. The Balaban J connectivity index is 1.57. The third-order valence-corrected chi connectivity index (χ3v) is 4.80. The van der Waals surface area contributed by atoms with Crippen LogP contribution in [0.2, 0.25) is 0 Å². The summed E-state index contributed by atoms with van der Waals surface area (Å²) in [6.07, 6.45) is 2.90. The number of carbonyl (C=O) groups is 1. The van der Waals surface area contributed by atoms with Gasteiger partial charge in [0.1, 0.15) is 6.33 Å². The van der Waals surface area contributed by atoms with Gasteiger partial charge in [-0.15, -0.1) is 5.10 Å². The van der Waals surface area contributed by atoms with Crippen molar-refractivity contribution >= 4 is 5.91 Å². The van der Waals surface area contributed by atoms with Crippen LogP contribution in [0, 0.1) is 0 Å². The molecule has 1 atom stereocenters. The van der Waals surface area contributed by atoms with Crippen LogP contribution in [0.5, 0.6) is 0 Å². The fourth-order valence-electron chi connectivity index (χ4n) is 3.08. The van der Waals surface area contributed by atoms with Gasteiger partial charge in [-0.25, -0.2) is 4.68 Å². The Kier molecular flexibility index (Phi) is 6.49. The van der Waals surface area contributed by atoms with Gasteiger partial charge in [-0.3, -0.25) is 4.79 Å². The van der Waals surface area contributed by atoms with Crippen molar-refractivity contribution in [3.8, 4) is 5.69 Å². The maximum absolute atomic E-state index is 12.4. The zero-order valence-corrected chi connectivity index (χ0v) is 16.5. The van der Waals surface area contributed by atoms with Crippen LogP contribution >= 0.6 is 0 Å². The number of hydrogen-bond acceptors (Lipinski definition) is 5. The van der Waals surface area contributed by atoms with E-state index in [1.54, 1.807) is 4.68 Å². The number of tetrazole rings is 1. The topological polar surface area (TPSA) is 75.9 Å². The first-order valence-corrected chi connectivity index (χ1v) is 9.41. The highest BCUT2D eigenvalue weighted by Crippen LogP contribution is 2.18. The van der Waals surface area contributed by atoms with Gasteiger partial charge in [0, 0.05) is 6.54 Å². The zero-order valence-electron chi connectivity index (χ0n) is 16.5. The quantitative estimate of drug-likeness (QED) is 0.650. The smallest absolute Gasteiger partial charge is 0.224 e. The van der Waals surface area contributed by atoms with Crippen molar-refractivity contribution in [2.75, 3.05) is 20.6 Å². The number of aryl methyl sites for hydroxylation is 1. The third kappa shape index (κ3) is 5.01. The molecular weight excluding hydrogens is 352 g/mol. The Bertz CT molecular complexity index is 872. The minimum Gasteiger partial charge on any atom is -0.354 e. The monoisotopic (exact) mass is 378 g/mol. The highest BCUT2D eigenvalue weighted by molar-refractivity contribution is 5.78. The van der Waals surface area contributed by atoms with Crippen molar-refractivity contribution in [2.24, 2.45) is 0 Å². The Morgan fingerprint density at radius 1 is 1.07 bits per heavy atom. The van der Waals surface area contributed by atoms with Gasteiger partial charge in [0.15, 0.2) is 0 Å². The van der Waals surface area contributed by atoms with E-state index in [2.05, 4.69) is 56.9 Å². The minimum absolute atomic E-state index is 0.00667. The van der Waals surface area contributed by atoms with Crippen LogP contribution in [0.4, 0.5) is 0 Å². The van der Waals surface area contributed by atoms with Gasteiger partial charge in [0.05, 0.1) is 18.2 Å². The average molecular weight is 378 g/mol. The summed E-state index contributed by atoms with van der Waals surface area (Å²) in [5, 5.41) is 14.2. The minimum atomic E-state index is 0.00667. The molecule has 2 aromatic carbocycles. The fraction of sp³-hybridized carbons (Fsp3) is 0.333. The largest absolute Gasteiger partial charge is 0.354 e. The van der Waals surface area contributed by atoms with Crippen LogP contribution in [0.25, 0.3) is 5.69 Å². The van der Waals surface area contributed by atoms with Gasteiger partial charge < -0.3 is 10.2 Å². The van der Waals surface area contributed by atoms with Crippen LogP contribution in [-0.2, 0) is 17.6 Å². The van der Waals surface area contributed by atoms with E-state index in [0.29, 0.717) is 13.0 Å². The van der Waals surface area contributed by atoms with Crippen LogP contribution in [-0.4, -0.2) is 51.7 Å². The molecule has 0 aliphatic rings. The van der Waals surface area contributed by atoms with Gasteiger partial charge in [-0.1, -0.05) is 43.3 Å². The summed E-state index contributed by atoms with van der Waals surface area (Å²) in [5.41, 5.74) is 4.32. The first-order valence-electron chi connectivity index (χ1n) is 9.41. The van der Waals surface area contributed by atoms with Crippen LogP contribution in [0.15, 0.2) is 54.9 Å². The summed E-state index contributed by atoms with van der Waals surface area (Å²) in [6.45, 7) is 2.72. The third-order valence-electron chi connectivity index (χ3n) is 4.80. The predicted molar refractivity (Wildman–Crippen MR) is 108 cm³/mol. The molecule has 3 rings (SSSR count). The molecular formula is C21H26N6O. The Morgan fingerprint density at radius 2 is 1.75 bits per heavy atom. The lowest BCUT2D eigenvalue weighted by molar-refractivity contribution is -0.120. The molecule has 3 aromatic rings. The van der Waals surface area contributed by atoms with E-state index in [0.717, 1.165) is 17.7 Å². The maximum atomic E-state index is 12.4. The lowest BCUT2D eigenvalue weighted by Crippen LogP contribution is -2.35. The Labute approximate surface area is 165 Å². The summed E-state index contributed by atoms with van der Waals surface area (Å²) < 4.78 is 1.58. The molecule has 0 radical (unpaired) electrons. The van der Waals surface area contributed by atoms with Crippen LogP contribution in [0.3, 0.4) is 0 Å². The lowest BCUT2D eigenvalue weighted by atomic mass is 10.0. The van der Waals surface area contributed by atoms with E-state index < -0.39 is 0 Å². The molecule has 0 fully saturated rings. The van der Waals surface area contributed by atoms with Gasteiger partial charge in [-0.05, 0) is 59.8 Å². The second kappa shape index (κ2) is 9.23. The van der Waals surface area contributed by atoms with Crippen molar-refractivity contribution in [1.29, 1.82) is 0 Å². The summed E-state index contributed by atoms with van der Waals surface area (Å²) in [5.74, 6) is 0.00667. The molecule has 1 aromatic heterocycles. The lowest BCUT2D eigenvalue weighted by Gasteiger charge is -2.25. The van der Waals surface area contributed by atoms with E-state index >= 15 is 0 Å². The highest BCUT2D eigenvalue weighted by atomic mass is 16.1. The normalized spacial score (nSPS) is 12.1. The molecule has 0 aliphatic carbocycles. The number of nitrogens with zero attached hydrogens (tertiary/aromatic N) is 5. The summed E-state index contributed by atoms with van der Waals surface area (Å²) in [6, 6.07) is 16.4. The number of amides is 1. The molecule has 1 heterocycles. The number of nitrogens with one attached hydrogen (secondary N) is 1. The first kappa shape index (κ1) is 19.7. The second-order valence-electron chi connectivity index (χ2n) is 6.98. The van der Waals surface area contributed by atoms with Crippen molar-refractivity contribution in [2.45, 2.75) is 25.8 Å². The van der Waals surface area contributed by atoms with Gasteiger partial charge in [-0.2, -0.15) is 0 Å².